The zero-order valence-corrected chi connectivity index (χ0v) is 8.83. The Morgan fingerprint density at radius 2 is 2.00 bits per heavy atom. The van der Waals surface area contributed by atoms with Crippen molar-refractivity contribution in [2.45, 2.75) is 0 Å². The molecule has 0 saturated heterocycles. The summed E-state index contributed by atoms with van der Waals surface area (Å²) in [6, 6.07) is 4.07. The summed E-state index contributed by atoms with van der Waals surface area (Å²) < 4.78 is 0. The Bertz CT molecular complexity index is 548. The fraction of sp³-hybridized carbons (Fsp3) is 0. The van der Waals surface area contributed by atoms with Gasteiger partial charge in [0.05, 0.1) is 5.69 Å². The van der Waals surface area contributed by atoms with Gasteiger partial charge in [-0.3, -0.25) is 14.7 Å². The van der Waals surface area contributed by atoms with Crippen LogP contribution in [0.4, 0.5) is 10.5 Å². The van der Waals surface area contributed by atoms with Crippen LogP contribution in [-0.4, -0.2) is 18.2 Å². The highest BCUT2D eigenvalue weighted by atomic mass is 16.2. The van der Waals surface area contributed by atoms with Gasteiger partial charge in [-0.25, -0.2) is 4.79 Å². The van der Waals surface area contributed by atoms with E-state index < -0.39 is 11.9 Å². The van der Waals surface area contributed by atoms with E-state index in [0.29, 0.717) is 16.8 Å². The molecule has 0 radical (unpaired) electrons. The summed E-state index contributed by atoms with van der Waals surface area (Å²) in [5.74, 6) is -0.538. The number of anilines is 1. The summed E-state index contributed by atoms with van der Waals surface area (Å²) in [7, 11) is 0. The van der Waals surface area contributed by atoms with Crippen molar-refractivity contribution < 1.29 is 9.59 Å². The lowest BCUT2D eigenvalue weighted by Gasteiger charge is -2.16. The van der Waals surface area contributed by atoms with Gasteiger partial charge >= 0.3 is 6.03 Å². The Morgan fingerprint density at radius 3 is 2.65 bits per heavy atom. The predicted molar refractivity (Wildman–Crippen MR) is 63.8 cm³/mol. The molecule has 0 bridgehead atoms. The number of carbonyl (C=O) groups is 2. The number of urea groups is 1. The number of amides is 3. The zero-order chi connectivity index (χ0) is 12.4. The average Bonchev–Trinajstić information content (AvgIpc) is 2.49. The second-order valence-corrected chi connectivity index (χ2v) is 3.42. The van der Waals surface area contributed by atoms with Gasteiger partial charge < -0.3 is 11.5 Å². The number of carbonyl (C=O) groups excluding carboxylic acids is 2. The standard InChI is InChI=1S/C11H10N4O2/c12-10(16)7-1-2-9-8(5-7)6-14-3-4-15(9)11(13)17/h1-6H,(H2,12,16)(H2,13,17). The topological polar surface area (TPSA) is 102 Å². The minimum Gasteiger partial charge on any atom is -0.366 e. The van der Waals surface area contributed by atoms with E-state index in [9.17, 15) is 9.59 Å². The van der Waals surface area contributed by atoms with Crippen LogP contribution >= 0.6 is 0 Å². The average molecular weight is 230 g/mol. The molecule has 0 spiro atoms. The van der Waals surface area contributed by atoms with Gasteiger partial charge in [0, 0.05) is 29.7 Å². The number of nitrogens with zero attached hydrogens (tertiary/aromatic N) is 2. The van der Waals surface area contributed by atoms with E-state index in [4.69, 9.17) is 11.5 Å². The third-order valence-electron chi connectivity index (χ3n) is 2.32. The molecule has 0 unspecified atom stereocenters. The summed E-state index contributed by atoms with van der Waals surface area (Å²) >= 11 is 0. The van der Waals surface area contributed by atoms with Crippen LogP contribution in [0.5, 0.6) is 0 Å². The van der Waals surface area contributed by atoms with Crippen molar-refractivity contribution in [3.63, 3.8) is 0 Å². The Labute approximate surface area is 97.2 Å². The van der Waals surface area contributed by atoms with Crippen molar-refractivity contribution in [2.75, 3.05) is 4.90 Å². The minimum atomic E-state index is -0.625. The lowest BCUT2D eigenvalue weighted by atomic mass is 10.1. The Hall–Kier alpha value is -2.63. The van der Waals surface area contributed by atoms with Crippen LogP contribution in [0.15, 0.2) is 35.6 Å². The van der Waals surface area contributed by atoms with E-state index >= 15 is 0 Å². The maximum Gasteiger partial charge on any atom is 0.323 e. The molecule has 17 heavy (non-hydrogen) atoms. The summed E-state index contributed by atoms with van der Waals surface area (Å²) in [6.07, 6.45) is 4.42. The van der Waals surface area contributed by atoms with Gasteiger partial charge in [0.15, 0.2) is 0 Å². The van der Waals surface area contributed by atoms with Crippen molar-refractivity contribution in [1.29, 1.82) is 0 Å². The highest BCUT2D eigenvalue weighted by Gasteiger charge is 2.15. The first kappa shape index (κ1) is 10.9. The first-order valence-electron chi connectivity index (χ1n) is 4.82. The molecule has 6 heteroatoms. The van der Waals surface area contributed by atoms with Gasteiger partial charge in [0.25, 0.3) is 0 Å². The molecule has 6 nitrogen and oxygen atoms in total. The van der Waals surface area contributed by atoms with Crippen LogP contribution < -0.4 is 16.4 Å². The van der Waals surface area contributed by atoms with Gasteiger partial charge in [0.1, 0.15) is 0 Å². The second kappa shape index (κ2) is 4.09. The molecule has 0 atom stereocenters. The maximum atomic E-state index is 11.2. The number of primary amides is 2. The lowest BCUT2D eigenvalue weighted by Crippen LogP contribution is -2.31. The number of hydrogen-bond acceptors (Lipinski definition) is 3. The molecule has 0 fully saturated rings. The SMILES string of the molecule is NC(=O)c1ccc2c(c1)C=NC=CN2C(N)=O. The fourth-order valence-electron chi connectivity index (χ4n) is 1.53. The Balaban J connectivity index is 2.56. The zero-order valence-electron chi connectivity index (χ0n) is 8.83. The Morgan fingerprint density at radius 1 is 1.24 bits per heavy atom. The minimum absolute atomic E-state index is 0.349. The highest BCUT2D eigenvalue weighted by Crippen LogP contribution is 2.22. The quantitative estimate of drug-likeness (QED) is 0.736. The predicted octanol–water partition coefficient (Wildman–Crippen LogP) is 0.574. The normalized spacial score (nSPS) is 13.1. The van der Waals surface area contributed by atoms with Crippen LogP contribution in [0, 0.1) is 0 Å². The van der Waals surface area contributed by atoms with E-state index in [-0.39, 0.29) is 0 Å². The first-order valence-corrected chi connectivity index (χ1v) is 4.82. The molecular weight excluding hydrogens is 220 g/mol. The molecule has 0 saturated carbocycles. The fourth-order valence-corrected chi connectivity index (χ4v) is 1.53. The van der Waals surface area contributed by atoms with E-state index in [1.807, 2.05) is 0 Å². The molecule has 0 aliphatic carbocycles. The van der Waals surface area contributed by atoms with Crippen molar-refractivity contribution >= 4 is 23.8 Å². The molecule has 3 amide bonds. The number of aliphatic imine (C=N–C) groups is 1. The summed E-state index contributed by atoms with van der Waals surface area (Å²) in [4.78, 5) is 27.5. The summed E-state index contributed by atoms with van der Waals surface area (Å²) in [5, 5.41) is 0. The van der Waals surface area contributed by atoms with Gasteiger partial charge in [-0.15, -0.1) is 0 Å². The van der Waals surface area contributed by atoms with Gasteiger partial charge in [-0.1, -0.05) is 0 Å². The Kier molecular flexibility index (Phi) is 2.61. The van der Waals surface area contributed by atoms with Crippen LogP contribution in [0.3, 0.4) is 0 Å². The third-order valence-corrected chi connectivity index (χ3v) is 2.32. The molecule has 86 valence electrons. The number of fused-ring (bicyclic) bond motifs is 1. The summed E-state index contributed by atoms with van der Waals surface area (Å²) in [6.45, 7) is 0. The molecular formula is C11H10N4O2. The third kappa shape index (κ3) is 2.00. The van der Waals surface area contributed by atoms with Crippen molar-refractivity contribution in [3.05, 3.63) is 41.7 Å². The number of benzene rings is 1. The van der Waals surface area contributed by atoms with Crippen molar-refractivity contribution in [1.82, 2.24) is 0 Å². The van der Waals surface area contributed by atoms with Crippen molar-refractivity contribution in [2.24, 2.45) is 16.5 Å². The monoisotopic (exact) mass is 230 g/mol. The number of rotatable bonds is 1. The molecule has 1 aliphatic rings. The van der Waals surface area contributed by atoms with Gasteiger partial charge in [-0.2, -0.15) is 0 Å². The first-order chi connectivity index (χ1) is 8.09. The highest BCUT2D eigenvalue weighted by molar-refractivity contribution is 6.02. The van der Waals surface area contributed by atoms with Crippen molar-refractivity contribution in [3.8, 4) is 0 Å². The maximum absolute atomic E-state index is 11.2. The largest absolute Gasteiger partial charge is 0.366 e. The summed E-state index contributed by atoms with van der Waals surface area (Å²) in [5.41, 5.74) is 11.9. The molecule has 4 N–H and O–H groups in total. The van der Waals surface area contributed by atoms with E-state index in [1.54, 1.807) is 12.1 Å². The number of nitrogens with two attached hydrogens (primary N) is 2. The second-order valence-electron chi connectivity index (χ2n) is 3.42. The smallest absolute Gasteiger partial charge is 0.323 e. The molecule has 0 aromatic heterocycles. The van der Waals surface area contributed by atoms with Crippen LogP contribution in [0.2, 0.25) is 0 Å². The van der Waals surface area contributed by atoms with Crippen LogP contribution in [0.1, 0.15) is 15.9 Å². The molecule has 2 rings (SSSR count). The van der Waals surface area contributed by atoms with Gasteiger partial charge in [-0.05, 0) is 18.2 Å². The van der Waals surface area contributed by atoms with Gasteiger partial charge in [0.2, 0.25) is 5.91 Å². The lowest BCUT2D eigenvalue weighted by molar-refractivity contribution is 0.100. The van der Waals surface area contributed by atoms with Crippen LogP contribution in [-0.2, 0) is 0 Å². The molecule has 1 aromatic carbocycles. The molecule has 1 aliphatic heterocycles. The van der Waals surface area contributed by atoms with Crippen LogP contribution in [0.25, 0.3) is 0 Å². The van der Waals surface area contributed by atoms with E-state index in [0.717, 1.165) is 0 Å². The molecule has 1 aromatic rings. The molecule has 1 heterocycles. The van der Waals surface area contributed by atoms with E-state index in [1.165, 1.54) is 29.6 Å². The number of hydrogen-bond donors (Lipinski definition) is 2. The van der Waals surface area contributed by atoms with E-state index in [2.05, 4.69) is 4.99 Å².